The summed E-state index contributed by atoms with van der Waals surface area (Å²) in [5.41, 5.74) is -0.681. The fraction of sp³-hybridized carbons (Fsp3) is 0.773. The normalized spacial score (nSPS) is 26.0. The molecule has 0 unspecified atom stereocenters. The topological polar surface area (TPSA) is 117 Å². The van der Waals surface area contributed by atoms with Crippen molar-refractivity contribution in [1.29, 1.82) is 0 Å². The fourth-order valence-corrected chi connectivity index (χ4v) is 3.16. The lowest BCUT2D eigenvalue weighted by Crippen LogP contribution is -2.57. The summed E-state index contributed by atoms with van der Waals surface area (Å²) in [6.45, 7) is 8.79. The molecule has 1 rings (SSSR count). The summed E-state index contributed by atoms with van der Waals surface area (Å²) in [5.74, 6) is -0.925. The summed E-state index contributed by atoms with van der Waals surface area (Å²) in [5, 5.41) is 17.8. The Bertz CT molecular complexity index is 598. The third kappa shape index (κ3) is 10.1. The van der Waals surface area contributed by atoms with Crippen molar-refractivity contribution in [2.45, 2.75) is 96.9 Å². The minimum Gasteiger partial charge on any atom is -0.444 e. The third-order valence-corrected chi connectivity index (χ3v) is 4.78. The zero-order valence-corrected chi connectivity index (χ0v) is 19.0. The molecule has 0 aromatic rings. The number of nitrogens with one attached hydrogen (secondary N) is 3. The van der Waals surface area contributed by atoms with E-state index < -0.39 is 29.7 Å². The van der Waals surface area contributed by atoms with E-state index in [0.29, 0.717) is 19.3 Å². The lowest BCUT2D eigenvalue weighted by atomic mass is 10.0. The molecule has 30 heavy (non-hydrogen) atoms. The molecule has 0 saturated heterocycles. The highest BCUT2D eigenvalue weighted by Gasteiger charge is 2.30. The predicted octanol–water partition coefficient (Wildman–Crippen LogP) is 2.41. The van der Waals surface area contributed by atoms with Crippen LogP contribution in [0.3, 0.4) is 0 Å². The van der Waals surface area contributed by atoms with E-state index in [1.54, 1.807) is 20.8 Å². The molecule has 4 N–H and O–H groups in total. The van der Waals surface area contributed by atoms with Gasteiger partial charge in [0.2, 0.25) is 11.8 Å². The van der Waals surface area contributed by atoms with Crippen LogP contribution in [0.1, 0.15) is 73.1 Å². The molecule has 3 atom stereocenters. The molecular weight excluding hydrogens is 386 g/mol. The first-order chi connectivity index (χ1) is 14.0. The van der Waals surface area contributed by atoms with E-state index in [1.165, 1.54) is 0 Å². The number of aliphatic hydroxyl groups is 1. The minimum absolute atomic E-state index is 0.150. The van der Waals surface area contributed by atoms with Crippen molar-refractivity contribution in [1.82, 2.24) is 16.0 Å². The zero-order chi connectivity index (χ0) is 22.7. The molecule has 0 saturated carbocycles. The molecule has 0 aromatic heterocycles. The number of carbonyl (C=O) groups excluding carboxylic acids is 3. The second-order valence-corrected chi connectivity index (χ2v) is 9.15. The van der Waals surface area contributed by atoms with Gasteiger partial charge in [-0.05, 0) is 58.8 Å². The van der Waals surface area contributed by atoms with E-state index in [9.17, 15) is 19.5 Å². The Morgan fingerprint density at radius 3 is 2.40 bits per heavy atom. The molecule has 0 fully saturated rings. The number of allylic oxidation sites excluding steroid dienone is 2. The maximum atomic E-state index is 12.9. The predicted molar refractivity (Wildman–Crippen MR) is 116 cm³/mol. The largest absolute Gasteiger partial charge is 0.444 e. The summed E-state index contributed by atoms with van der Waals surface area (Å²) in [4.78, 5) is 37.9. The Kier molecular flexibility index (Phi) is 10.9. The Morgan fingerprint density at radius 2 is 1.80 bits per heavy atom. The van der Waals surface area contributed by atoms with Crippen LogP contribution in [0.5, 0.6) is 0 Å². The van der Waals surface area contributed by atoms with E-state index in [-0.39, 0.29) is 24.5 Å². The van der Waals surface area contributed by atoms with Crippen molar-refractivity contribution in [2.75, 3.05) is 6.61 Å². The van der Waals surface area contributed by atoms with Gasteiger partial charge in [0.15, 0.2) is 0 Å². The molecule has 1 aliphatic heterocycles. The zero-order valence-electron chi connectivity index (χ0n) is 19.0. The van der Waals surface area contributed by atoms with Crippen molar-refractivity contribution in [3.8, 4) is 0 Å². The van der Waals surface area contributed by atoms with E-state index in [1.807, 2.05) is 19.9 Å². The smallest absolute Gasteiger partial charge is 0.408 e. The molecule has 8 nitrogen and oxygen atoms in total. The van der Waals surface area contributed by atoms with E-state index in [2.05, 4.69) is 22.0 Å². The summed E-state index contributed by atoms with van der Waals surface area (Å²) in [7, 11) is 0. The van der Waals surface area contributed by atoms with Crippen LogP contribution in [0.25, 0.3) is 0 Å². The van der Waals surface area contributed by atoms with Gasteiger partial charge in [0.25, 0.3) is 0 Å². The van der Waals surface area contributed by atoms with Gasteiger partial charge in [-0.3, -0.25) is 9.59 Å². The number of aliphatic hydroxyl groups excluding tert-OH is 1. The Hall–Kier alpha value is -2.09. The highest BCUT2D eigenvalue weighted by Crippen LogP contribution is 2.11. The highest BCUT2D eigenvalue weighted by atomic mass is 16.6. The van der Waals surface area contributed by atoms with Gasteiger partial charge in [-0.2, -0.15) is 0 Å². The first kappa shape index (κ1) is 25.9. The van der Waals surface area contributed by atoms with Gasteiger partial charge in [0.1, 0.15) is 17.7 Å². The van der Waals surface area contributed by atoms with Gasteiger partial charge in [-0.1, -0.05) is 32.4 Å². The molecule has 0 spiro atoms. The van der Waals surface area contributed by atoms with E-state index in [0.717, 1.165) is 19.3 Å². The number of amides is 3. The number of alkyl carbamates (subject to hydrolysis) is 1. The SMILES string of the molecule is CC(C)[C@@H]1NC(=O)[C@@H](NC(=O)OC(C)(C)C)CC/C=C\CCCC[C@@H](CO)NC1=O. The van der Waals surface area contributed by atoms with Crippen molar-refractivity contribution in [2.24, 2.45) is 5.92 Å². The van der Waals surface area contributed by atoms with E-state index in [4.69, 9.17) is 4.74 Å². The van der Waals surface area contributed by atoms with Crippen molar-refractivity contribution in [3.63, 3.8) is 0 Å². The molecule has 3 amide bonds. The van der Waals surface area contributed by atoms with Crippen LogP contribution in [-0.4, -0.2) is 53.3 Å². The molecule has 1 aliphatic rings. The van der Waals surface area contributed by atoms with Crippen LogP contribution in [0.2, 0.25) is 0 Å². The molecule has 0 radical (unpaired) electrons. The number of carbonyl (C=O) groups is 3. The first-order valence-corrected chi connectivity index (χ1v) is 10.9. The van der Waals surface area contributed by atoms with Crippen molar-refractivity contribution in [3.05, 3.63) is 12.2 Å². The number of hydrogen-bond acceptors (Lipinski definition) is 5. The third-order valence-electron chi connectivity index (χ3n) is 4.78. The minimum atomic E-state index is -0.822. The summed E-state index contributed by atoms with van der Waals surface area (Å²) >= 11 is 0. The first-order valence-electron chi connectivity index (χ1n) is 10.9. The fourth-order valence-electron chi connectivity index (χ4n) is 3.16. The molecule has 1 heterocycles. The molecule has 0 aliphatic carbocycles. The van der Waals surface area contributed by atoms with Gasteiger partial charge in [-0.15, -0.1) is 0 Å². The number of hydrogen-bond donors (Lipinski definition) is 4. The van der Waals surface area contributed by atoms with Crippen LogP contribution < -0.4 is 16.0 Å². The van der Waals surface area contributed by atoms with Crippen LogP contribution >= 0.6 is 0 Å². The maximum absolute atomic E-state index is 12.9. The Morgan fingerprint density at radius 1 is 1.13 bits per heavy atom. The van der Waals surface area contributed by atoms with Crippen molar-refractivity contribution < 1.29 is 24.2 Å². The molecular formula is C22H39N3O5. The van der Waals surface area contributed by atoms with E-state index >= 15 is 0 Å². The Balaban J connectivity index is 3.00. The highest BCUT2D eigenvalue weighted by molar-refractivity contribution is 5.91. The molecule has 0 bridgehead atoms. The summed E-state index contributed by atoms with van der Waals surface area (Å²) in [6, 6.07) is -1.94. The van der Waals surface area contributed by atoms with Gasteiger partial charge in [0.05, 0.1) is 12.6 Å². The standard InChI is InChI=1S/C22H39N3O5/c1-15(2)18-20(28)23-16(14-26)12-10-8-6-7-9-11-13-17(19(27)25-18)24-21(29)30-22(3,4)5/h7,9,15-18,26H,6,8,10-14H2,1-5H3,(H,23,28)(H,24,29)(H,25,27)/b9-7-/t16-,17-,18-/m0/s1. The Labute approximate surface area is 180 Å². The van der Waals surface area contributed by atoms with Crippen LogP contribution in [0.4, 0.5) is 4.79 Å². The maximum Gasteiger partial charge on any atom is 0.408 e. The van der Waals surface area contributed by atoms with Gasteiger partial charge < -0.3 is 25.8 Å². The van der Waals surface area contributed by atoms with Crippen LogP contribution in [0, 0.1) is 5.92 Å². The molecule has 172 valence electrons. The lowest BCUT2D eigenvalue weighted by molar-refractivity contribution is -0.131. The van der Waals surface area contributed by atoms with Crippen LogP contribution in [-0.2, 0) is 14.3 Å². The number of rotatable bonds is 3. The van der Waals surface area contributed by atoms with Crippen LogP contribution in [0.15, 0.2) is 12.2 Å². The molecule has 0 aromatic carbocycles. The van der Waals surface area contributed by atoms with Gasteiger partial charge in [-0.25, -0.2) is 4.79 Å². The quantitative estimate of drug-likeness (QED) is 0.518. The van der Waals surface area contributed by atoms with Gasteiger partial charge in [0, 0.05) is 0 Å². The monoisotopic (exact) mass is 425 g/mol. The van der Waals surface area contributed by atoms with Gasteiger partial charge >= 0.3 is 6.09 Å². The second kappa shape index (κ2) is 12.6. The number of ether oxygens (including phenoxy) is 1. The average Bonchev–Trinajstić information content (AvgIpc) is 2.63. The summed E-state index contributed by atoms with van der Waals surface area (Å²) in [6.07, 6.45) is 7.81. The second-order valence-electron chi connectivity index (χ2n) is 9.15. The average molecular weight is 426 g/mol. The summed E-state index contributed by atoms with van der Waals surface area (Å²) < 4.78 is 5.28. The molecule has 8 heteroatoms. The lowest BCUT2D eigenvalue weighted by Gasteiger charge is -2.27. The van der Waals surface area contributed by atoms with Crippen molar-refractivity contribution >= 4 is 17.9 Å².